The molecule has 120 valence electrons. The number of anilines is 1. The Labute approximate surface area is 143 Å². The van der Waals surface area contributed by atoms with Crippen LogP contribution in [0.4, 0.5) is 5.69 Å². The highest BCUT2D eigenvalue weighted by Gasteiger charge is 2.51. The molecule has 1 heterocycles. The third-order valence-corrected chi connectivity index (χ3v) is 4.57. The first kappa shape index (κ1) is 14.8. The van der Waals surface area contributed by atoms with Gasteiger partial charge in [0.25, 0.3) is 0 Å². The van der Waals surface area contributed by atoms with Crippen molar-refractivity contribution in [2.24, 2.45) is 0 Å². The van der Waals surface area contributed by atoms with E-state index in [4.69, 9.17) is 11.6 Å². The van der Waals surface area contributed by atoms with Crippen LogP contribution in [0.2, 0.25) is 5.02 Å². The van der Waals surface area contributed by atoms with Gasteiger partial charge in [0.2, 0.25) is 5.91 Å². The number of hydrogen-bond donors (Lipinski definition) is 1. The monoisotopic (exact) mass is 339 g/mol. The Morgan fingerprint density at radius 1 is 1.08 bits per heavy atom. The number of tetrazole rings is 1. The summed E-state index contributed by atoms with van der Waals surface area (Å²) < 4.78 is 1.56. The Balaban J connectivity index is 1.51. The van der Waals surface area contributed by atoms with Crippen LogP contribution in [0.5, 0.6) is 0 Å². The van der Waals surface area contributed by atoms with E-state index in [1.165, 1.54) is 6.33 Å². The third-order valence-electron chi connectivity index (χ3n) is 4.32. The van der Waals surface area contributed by atoms with Crippen LogP contribution in [0, 0.1) is 0 Å². The Hall–Kier alpha value is -2.73. The summed E-state index contributed by atoms with van der Waals surface area (Å²) in [6.07, 6.45) is 3.22. The summed E-state index contributed by atoms with van der Waals surface area (Å²) in [5, 5.41) is 14.7. The van der Waals surface area contributed by atoms with Gasteiger partial charge in [-0.3, -0.25) is 4.79 Å². The average molecular weight is 340 g/mol. The molecule has 6 nitrogen and oxygen atoms in total. The standard InChI is InChI=1S/C17H14ClN5O/c18-13-3-1-12(2-4-13)17(9-10-17)16(24)20-14-5-7-15(8-6-14)23-11-19-21-22-23/h1-8,11H,9-10H2,(H,20,24). The van der Waals surface area contributed by atoms with Crippen molar-refractivity contribution in [2.45, 2.75) is 18.3 Å². The van der Waals surface area contributed by atoms with Crippen molar-refractivity contribution < 1.29 is 4.79 Å². The minimum absolute atomic E-state index is 0.0139. The minimum Gasteiger partial charge on any atom is -0.325 e. The number of nitrogens with one attached hydrogen (secondary N) is 1. The number of carbonyl (C=O) groups is 1. The molecule has 1 fully saturated rings. The third kappa shape index (κ3) is 2.65. The van der Waals surface area contributed by atoms with E-state index in [1.54, 1.807) is 4.68 Å². The lowest BCUT2D eigenvalue weighted by Crippen LogP contribution is -2.27. The number of amides is 1. The van der Waals surface area contributed by atoms with Gasteiger partial charge in [-0.15, -0.1) is 5.10 Å². The summed E-state index contributed by atoms with van der Waals surface area (Å²) in [4.78, 5) is 12.7. The van der Waals surface area contributed by atoms with Crippen molar-refractivity contribution in [1.29, 1.82) is 0 Å². The molecule has 1 aromatic heterocycles. The summed E-state index contributed by atoms with van der Waals surface area (Å²) in [7, 11) is 0. The van der Waals surface area contributed by atoms with E-state index < -0.39 is 5.41 Å². The van der Waals surface area contributed by atoms with Gasteiger partial charge in [-0.1, -0.05) is 23.7 Å². The first-order valence-electron chi connectivity index (χ1n) is 7.58. The van der Waals surface area contributed by atoms with Crippen LogP contribution in [-0.4, -0.2) is 26.1 Å². The number of hydrogen-bond acceptors (Lipinski definition) is 4. The average Bonchev–Trinajstić information content (AvgIpc) is 3.23. The van der Waals surface area contributed by atoms with Crippen molar-refractivity contribution in [3.8, 4) is 5.69 Å². The van der Waals surface area contributed by atoms with Gasteiger partial charge in [0, 0.05) is 10.7 Å². The molecular weight excluding hydrogens is 326 g/mol. The summed E-state index contributed by atoms with van der Waals surface area (Å²) in [6.45, 7) is 0. The number of halogens is 1. The topological polar surface area (TPSA) is 72.7 Å². The molecule has 4 rings (SSSR count). The fourth-order valence-corrected chi connectivity index (χ4v) is 2.89. The Kier molecular flexibility index (Phi) is 3.54. The molecule has 0 spiro atoms. The van der Waals surface area contributed by atoms with E-state index in [0.29, 0.717) is 5.02 Å². The smallest absolute Gasteiger partial charge is 0.235 e. The van der Waals surface area contributed by atoms with Crippen molar-refractivity contribution in [3.05, 3.63) is 65.4 Å². The van der Waals surface area contributed by atoms with Gasteiger partial charge >= 0.3 is 0 Å². The molecule has 1 saturated carbocycles. The number of nitrogens with zero attached hydrogens (tertiary/aromatic N) is 4. The van der Waals surface area contributed by atoms with Crippen molar-refractivity contribution in [3.63, 3.8) is 0 Å². The Bertz CT molecular complexity index is 855. The lowest BCUT2D eigenvalue weighted by atomic mass is 9.95. The van der Waals surface area contributed by atoms with Crippen molar-refractivity contribution in [1.82, 2.24) is 20.2 Å². The van der Waals surface area contributed by atoms with E-state index in [9.17, 15) is 4.79 Å². The minimum atomic E-state index is -0.431. The predicted molar refractivity (Wildman–Crippen MR) is 90.1 cm³/mol. The van der Waals surface area contributed by atoms with Crippen LogP contribution in [0.1, 0.15) is 18.4 Å². The van der Waals surface area contributed by atoms with Crippen molar-refractivity contribution in [2.75, 3.05) is 5.32 Å². The maximum Gasteiger partial charge on any atom is 0.235 e. The van der Waals surface area contributed by atoms with Crippen LogP contribution in [0.25, 0.3) is 5.69 Å². The number of carbonyl (C=O) groups excluding carboxylic acids is 1. The maximum atomic E-state index is 12.7. The van der Waals surface area contributed by atoms with Crippen LogP contribution >= 0.6 is 11.6 Å². The highest BCUT2D eigenvalue weighted by molar-refractivity contribution is 6.30. The molecule has 2 aromatic carbocycles. The molecular formula is C17H14ClN5O. The second-order valence-electron chi connectivity index (χ2n) is 5.84. The summed E-state index contributed by atoms with van der Waals surface area (Å²) in [5.41, 5.74) is 2.16. The Morgan fingerprint density at radius 3 is 2.38 bits per heavy atom. The van der Waals surface area contributed by atoms with Crippen LogP contribution in [-0.2, 0) is 10.2 Å². The molecule has 0 bridgehead atoms. The van der Waals surface area contributed by atoms with Crippen LogP contribution in [0.15, 0.2) is 54.9 Å². The number of benzene rings is 2. The highest BCUT2D eigenvalue weighted by Crippen LogP contribution is 2.49. The molecule has 1 amide bonds. The van der Waals surface area contributed by atoms with Gasteiger partial charge in [-0.05, 0) is 65.2 Å². The maximum absolute atomic E-state index is 12.7. The van der Waals surface area contributed by atoms with Crippen LogP contribution in [0.3, 0.4) is 0 Å². The first-order valence-corrected chi connectivity index (χ1v) is 7.96. The lowest BCUT2D eigenvalue weighted by molar-refractivity contribution is -0.118. The number of rotatable bonds is 4. The molecule has 1 aliphatic rings. The molecule has 0 radical (unpaired) electrons. The highest BCUT2D eigenvalue weighted by atomic mass is 35.5. The summed E-state index contributed by atoms with van der Waals surface area (Å²) >= 11 is 5.93. The molecule has 0 saturated heterocycles. The van der Waals surface area contributed by atoms with E-state index in [2.05, 4.69) is 20.8 Å². The normalized spacial score (nSPS) is 15.0. The fraction of sp³-hybridized carbons (Fsp3) is 0.176. The van der Waals surface area contributed by atoms with E-state index in [1.807, 2.05) is 48.5 Å². The zero-order valence-electron chi connectivity index (χ0n) is 12.7. The van der Waals surface area contributed by atoms with Gasteiger partial charge in [-0.2, -0.15) is 0 Å². The molecule has 7 heteroatoms. The van der Waals surface area contributed by atoms with Crippen LogP contribution < -0.4 is 5.32 Å². The summed E-state index contributed by atoms with van der Waals surface area (Å²) in [6, 6.07) is 14.9. The van der Waals surface area contributed by atoms with E-state index in [-0.39, 0.29) is 5.91 Å². The van der Waals surface area contributed by atoms with E-state index >= 15 is 0 Å². The van der Waals surface area contributed by atoms with Gasteiger partial charge in [-0.25, -0.2) is 4.68 Å². The lowest BCUT2D eigenvalue weighted by Gasteiger charge is -2.16. The summed E-state index contributed by atoms with van der Waals surface area (Å²) in [5.74, 6) is 0.0139. The molecule has 24 heavy (non-hydrogen) atoms. The quantitative estimate of drug-likeness (QED) is 0.793. The zero-order chi connectivity index (χ0) is 16.6. The Morgan fingerprint density at radius 2 is 1.79 bits per heavy atom. The second kappa shape index (κ2) is 5.72. The largest absolute Gasteiger partial charge is 0.325 e. The molecule has 0 aliphatic heterocycles. The van der Waals surface area contributed by atoms with Gasteiger partial charge < -0.3 is 5.32 Å². The molecule has 1 aliphatic carbocycles. The van der Waals surface area contributed by atoms with E-state index in [0.717, 1.165) is 29.8 Å². The second-order valence-corrected chi connectivity index (χ2v) is 6.28. The number of aromatic nitrogens is 4. The molecule has 3 aromatic rings. The molecule has 0 atom stereocenters. The predicted octanol–water partition coefficient (Wildman–Crippen LogP) is 2.99. The SMILES string of the molecule is O=C(Nc1ccc(-n2cnnn2)cc1)C1(c2ccc(Cl)cc2)CC1. The van der Waals surface area contributed by atoms with Gasteiger partial charge in [0.1, 0.15) is 6.33 Å². The van der Waals surface area contributed by atoms with Gasteiger partial charge in [0.15, 0.2) is 0 Å². The fourth-order valence-electron chi connectivity index (χ4n) is 2.77. The molecule has 0 unspecified atom stereocenters. The zero-order valence-corrected chi connectivity index (χ0v) is 13.4. The van der Waals surface area contributed by atoms with Crippen molar-refractivity contribution >= 4 is 23.2 Å². The first-order chi connectivity index (χ1) is 11.7. The molecule has 1 N–H and O–H groups in total. The van der Waals surface area contributed by atoms with Gasteiger partial charge in [0.05, 0.1) is 11.1 Å².